The highest BCUT2D eigenvalue weighted by atomic mass is 35.5. The van der Waals surface area contributed by atoms with Gasteiger partial charge in [-0.05, 0) is 30.7 Å². The van der Waals surface area contributed by atoms with Crippen LogP contribution < -0.4 is 10.1 Å². The zero-order chi connectivity index (χ0) is 15.0. The van der Waals surface area contributed by atoms with Gasteiger partial charge < -0.3 is 25.0 Å². The highest BCUT2D eigenvalue weighted by Gasteiger charge is 2.08. The van der Waals surface area contributed by atoms with Crippen molar-refractivity contribution in [2.45, 2.75) is 19.1 Å². The van der Waals surface area contributed by atoms with Gasteiger partial charge >= 0.3 is 0 Å². The molecule has 20 heavy (non-hydrogen) atoms. The number of methoxy groups -OCH3 is 1. The summed E-state index contributed by atoms with van der Waals surface area (Å²) in [7, 11) is 1.53. The number of halogens is 1. The molecule has 2 atom stereocenters. The van der Waals surface area contributed by atoms with E-state index in [1.807, 2.05) is 13.0 Å². The molecule has 0 bridgehead atoms. The molecule has 3 N–H and O–H groups in total. The van der Waals surface area contributed by atoms with Gasteiger partial charge in [0.25, 0.3) is 0 Å². The van der Waals surface area contributed by atoms with E-state index in [9.17, 15) is 10.2 Å². The van der Waals surface area contributed by atoms with Crippen molar-refractivity contribution in [2.75, 3.05) is 33.4 Å². The minimum Gasteiger partial charge on any atom is -0.491 e. The summed E-state index contributed by atoms with van der Waals surface area (Å²) < 4.78 is 10.3. The zero-order valence-corrected chi connectivity index (χ0v) is 12.6. The third kappa shape index (κ3) is 6.54. The molecule has 0 aliphatic rings. The molecule has 0 saturated heterocycles. The van der Waals surface area contributed by atoms with Gasteiger partial charge in [0.2, 0.25) is 0 Å². The second kappa shape index (κ2) is 9.15. The average Bonchev–Trinajstić information content (AvgIpc) is 2.40. The Kier molecular flexibility index (Phi) is 7.87. The Morgan fingerprint density at radius 2 is 1.85 bits per heavy atom. The summed E-state index contributed by atoms with van der Waals surface area (Å²) in [5, 5.41) is 22.8. The summed E-state index contributed by atoms with van der Waals surface area (Å²) in [6.45, 7) is 3.04. The van der Waals surface area contributed by atoms with Crippen molar-refractivity contribution >= 4 is 11.6 Å². The van der Waals surface area contributed by atoms with E-state index in [1.54, 1.807) is 12.1 Å². The lowest BCUT2D eigenvalue weighted by Gasteiger charge is -2.15. The molecule has 5 nitrogen and oxygen atoms in total. The van der Waals surface area contributed by atoms with Crippen LogP contribution in [0, 0.1) is 6.92 Å². The van der Waals surface area contributed by atoms with Gasteiger partial charge in [-0.3, -0.25) is 0 Å². The molecule has 0 spiro atoms. The number of ether oxygens (including phenoxy) is 2. The number of hydrogen-bond donors (Lipinski definition) is 3. The van der Waals surface area contributed by atoms with Crippen LogP contribution in [0.2, 0.25) is 5.02 Å². The normalized spacial score (nSPS) is 14.1. The molecule has 6 heteroatoms. The first kappa shape index (κ1) is 17.2. The molecule has 0 heterocycles. The van der Waals surface area contributed by atoms with Gasteiger partial charge in [-0.1, -0.05) is 11.6 Å². The van der Waals surface area contributed by atoms with E-state index in [4.69, 9.17) is 21.1 Å². The Morgan fingerprint density at radius 3 is 2.45 bits per heavy atom. The summed E-state index contributed by atoms with van der Waals surface area (Å²) in [6.07, 6.45) is -1.23. The molecular formula is C14H22ClNO4. The first-order valence-electron chi connectivity index (χ1n) is 6.47. The molecule has 0 aliphatic heterocycles. The molecular weight excluding hydrogens is 282 g/mol. The lowest BCUT2D eigenvalue weighted by molar-refractivity contribution is 0.0582. The van der Waals surface area contributed by atoms with Gasteiger partial charge in [0.05, 0.1) is 12.7 Å². The number of hydrogen-bond acceptors (Lipinski definition) is 5. The van der Waals surface area contributed by atoms with Gasteiger partial charge in [-0.2, -0.15) is 0 Å². The van der Waals surface area contributed by atoms with Crippen LogP contribution in [-0.4, -0.2) is 55.8 Å². The fraction of sp³-hybridized carbons (Fsp3) is 0.571. The van der Waals surface area contributed by atoms with Gasteiger partial charge in [-0.15, -0.1) is 0 Å². The van der Waals surface area contributed by atoms with E-state index >= 15 is 0 Å². The maximum Gasteiger partial charge on any atom is 0.119 e. The van der Waals surface area contributed by atoms with Crippen LogP contribution in [0.4, 0.5) is 0 Å². The van der Waals surface area contributed by atoms with Crippen LogP contribution in [-0.2, 0) is 4.74 Å². The van der Waals surface area contributed by atoms with E-state index in [-0.39, 0.29) is 13.2 Å². The average molecular weight is 304 g/mol. The van der Waals surface area contributed by atoms with E-state index < -0.39 is 12.2 Å². The third-order valence-electron chi connectivity index (χ3n) is 2.69. The molecule has 2 unspecified atom stereocenters. The standard InChI is InChI=1S/C14H22ClNO4/c1-10-5-13(3-4-14(10)15)20-9-12(18)7-16-6-11(17)8-19-2/h3-5,11-12,16-18H,6-9H2,1-2H3. The smallest absolute Gasteiger partial charge is 0.119 e. The van der Waals surface area contributed by atoms with Crippen LogP contribution in [0.5, 0.6) is 5.75 Å². The van der Waals surface area contributed by atoms with Crippen molar-refractivity contribution in [3.05, 3.63) is 28.8 Å². The fourth-order valence-corrected chi connectivity index (χ4v) is 1.74. The van der Waals surface area contributed by atoms with Gasteiger partial charge in [0.1, 0.15) is 18.5 Å². The van der Waals surface area contributed by atoms with Crippen LogP contribution in [0.3, 0.4) is 0 Å². The predicted molar refractivity (Wildman–Crippen MR) is 78.4 cm³/mol. The maximum absolute atomic E-state index is 9.75. The van der Waals surface area contributed by atoms with Crippen molar-refractivity contribution in [1.82, 2.24) is 5.32 Å². The quantitative estimate of drug-likeness (QED) is 0.634. The molecule has 0 aliphatic carbocycles. The van der Waals surface area contributed by atoms with Gasteiger partial charge in [0.15, 0.2) is 0 Å². The van der Waals surface area contributed by atoms with Crippen molar-refractivity contribution in [1.29, 1.82) is 0 Å². The monoisotopic (exact) mass is 303 g/mol. The van der Waals surface area contributed by atoms with E-state index in [2.05, 4.69) is 5.32 Å². The Labute approximate surface area is 124 Å². The molecule has 1 aromatic rings. The number of aliphatic hydroxyl groups excluding tert-OH is 2. The summed E-state index contributed by atoms with van der Waals surface area (Å²) >= 11 is 5.92. The second-order valence-electron chi connectivity index (χ2n) is 4.64. The van der Waals surface area contributed by atoms with E-state index in [0.717, 1.165) is 5.56 Å². The minimum absolute atomic E-state index is 0.175. The van der Waals surface area contributed by atoms with Crippen molar-refractivity contribution in [2.24, 2.45) is 0 Å². The van der Waals surface area contributed by atoms with Crippen molar-refractivity contribution in [3.8, 4) is 5.75 Å². The van der Waals surface area contributed by atoms with Crippen LogP contribution in [0.1, 0.15) is 5.56 Å². The zero-order valence-electron chi connectivity index (χ0n) is 11.8. The summed E-state index contributed by atoms with van der Waals surface area (Å²) in [6, 6.07) is 5.35. The molecule has 0 fully saturated rings. The van der Waals surface area contributed by atoms with Crippen LogP contribution in [0.15, 0.2) is 18.2 Å². The Balaban J connectivity index is 2.22. The van der Waals surface area contributed by atoms with Gasteiger partial charge in [0, 0.05) is 25.2 Å². The largest absolute Gasteiger partial charge is 0.491 e. The second-order valence-corrected chi connectivity index (χ2v) is 5.05. The highest BCUT2D eigenvalue weighted by molar-refractivity contribution is 6.31. The SMILES string of the molecule is COCC(O)CNCC(O)COc1ccc(Cl)c(C)c1. The molecule has 1 aromatic carbocycles. The Morgan fingerprint density at radius 1 is 1.20 bits per heavy atom. The lowest BCUT2D eigenvalue weighted by atomic mass is 10.2. The van der Waals surface area contributed by atoms with Crippen molar-refractivity contribution < 1.29 is 19.7 Å². The number of rotatable bonds is 9. The maximum atomic E-state index is 9.75. The number of nitrogens with one attached hydrogen (secondary N) is 1. The Hall–Kier alpha value is -0.850. The molecule has 0 saturated carbocycles. The molecule has 114 valence electrons. The number of aliphatic hydroxyl groups is 2. The van der Waals surface area contributed by atoms with E-state index in [0.29, 0.717) is 23.9 Å². The molecule has 0 radical (unpaired) electrons. The number of benzene rings is 1. The summed E-state index contributed by atoms with van der Waals surface area (Å²) in [5.74, 6) is 0.672. The summed E-state index contributed by atoms with van der Waals surface area (Å²) in [5.41, 5.74) is 0.930. The summed E-state index contributed by atoms with van der Waals surface area (Å²) in [4.78, 5) is 0. The third-order valence-corrected chi connectivity index (χ3v) is 3.11. The van der Waals surface area contributed by atoms with Gasteiger partial charge in [-0.25, -0.2) is 0 Å². The lowest BCUT2D eigenvalue weighted by Crippen LogP contribution is -2.37. The topological polar surface area (TPSA) is 71.0 Å². The van der Waals surface area contributed by atoms with Crippen LogP contribution >= 0.6 is 11.6 Å². The van der Waals surface area contributed by atoms with Crippen molar-refractivity contribution in [3.63, 3.8) is 0 Å². The first-order chi connectivity index (χ1) is 9.52. The molecule has 0 aromatic heterocycles. The number of aryl methyl sites for hydroxylation is 1. The minimum atomic E-state index is -0.652. The first-order valence-corrected chi connectivity index (χ1v) is 6.85. The Bertz CT molecular complexity index is 403. The molecule has 1 rings (SSSR count). The molecule has 0 amide bonds. The highest BCUT2D eigenvalue weighted by Crippen LogP contribution is 2.20. The van der Waals surface area contributed by atoms with Crippen LogP contribution in [0.25, 0.3) is 0 Å². The predicted octanol–water partition coefficient (Wildman–Crippen LogP) is 0.985. The van der Waals surface area contributed by atoms with E-state index in [1.165, 1.54) is 7.11 Å². The fourth-order valence-electron chi connectivity index (χ4n) is 1.63.